The summed E-state index contributed by atoms with van der Waals surface area (Å²) in [4.78, 5) is 12.3. The molecule has 0 aliphatic heterocycles. The first-order valence-corrected chi connectivity index (χ1v) is 6.83. The molecule has 0 aliphatic carbocycles. The number of nitrogens with one attached hydrogen (secondary N) is 1. The Morgan fingerprint density at radius 1 is 0.955 bits per heavy atom. The lowest BCUT2D eigenvalue weighted by Gasteiger charge is -2.12. The van der Waals surface area contributed by atoms with Gasteiger partial charge in [-0.05, 0) is 30.3 Å². The molecule has 0 heterocycles. The Kier molecular flexibility index (Phi) is 5.12. The minimum Gasteiger partial charge on any atom is -0.497 e. The molecule has 6 heteroatoms. The zero-order valence-corrected chi connectivity index (χ0v) is 13.2. The minimum absolute atomic E-state index is 0.310. The van der Waals surface area contributed by atoms with Crippen molar-refractivity contribution >= 4 is 23.2 Å². The molecular formula is C16H16ClNO4. The molecule has 0 unspecified atom stereocenters. The molecule has 0 radical (unpaired) electrons. The molecule has 22 heavy (non-hydrogen) atoms. The van der Waals surface area contributed by atoms with Gasteiger partial charge < -0.3 is 19.5 Å². The summed E-state index contributed by atoms with van der Waals surface area (Å²) in [6.07, 6.45) is 0. The lowest BCUT2D eigenvalue weighted by atomic mass is 10.2. The SMILES string of the molecule is COc1ccc(C(=O)Nc2ccc(OC)cc2OC)c(Cl)c1. The Labute approximate surface area is 133 Å². The van der Waals surface area contributed by atoms with Crippen molar-refractivity contribution in [1.29, 1.82) is 0 Å². The molecule has 2 aromatic carbocycles. The van der Waals surface area contributed by atoms with Gasteiger partial charge in [-0.15, -0.1) is 0 Å². The number of hydrogen-bond acceptors (Lipinski definition) is 4. The van der Waals surface area contributed by atoms with Crippen LogP contribution in [0.15, 0.2) is 36.4 Å². The van der Waals surface area contributed by atoms with Crippen molar-refractivity contribution in [2.45, 2.75) is 0 Å². The monoisotopic (exact) mass is 321 g/mol. The zero-order valence-electron chi connectivity index (χ0n) is 12.5. The summed E-state index contributed by atoms with van der Waals surface area (Å²) in [6, 6.07) is 9.98. The van der Waals surface area contributed by atoms with Gasteiger partial charge in [0.25, 0.3) is 5.91 Å². The van der Waals surface area contributed by atoms with E-state index < -0.39 is 0 Å². The second-order valence-electron chi connectivity index (χ2n) is 4.37. The normalized spacial score (nSPS) is 10.0. The highest BCUT2D eigenvalue weighted by Gasteiger charge is 2.14. The number of methoxy groups -OCH3 is 3. The molecular weight excluding hydrogens is 306 g/mol. The van der Waals surface area contributed by atoms with Crippen molar-refractivity contribution in [3.63, 3.8) is 0 Å². The first-order chi connectivity index (χ1) is 10.6. The van der Waals surface area contributed by atoms with Gasteiger partial charge in [-0.1, -0.05) is 11.6 Å². The van der Waals surface area contributed by atoms with E-state index >= 15 is 0 Å². The maximum absolute atomic E-state index is 12.3. The Morgan fingerprint density at radius 3 is 2.18 bits per heavy atom. The van der Waals surface area contributed by atoms with Gasteiger partial charge in [0.1, 0.15) is 17.2 Å². The number of ether oxygens (including phenoxy) is 3. The second-order valence-corrected chi connectivity index (χ2v) is 4.77. The number of halogens is 1. The van der Waals surface area contributed by atoms with E-state index in [0.717, 1.165) is 0 Å². The number of carbonyl (C=O) groups is 1. The number of rotatable bonds is 5. The van der Waals surface area contributed by atoms with Crippen molar-refractivity contribution in [3.05, 3.63) is 47.0 Å². The molecule has 2 aromatic rings. The topological polar surface area (TPSA) is 56.8 Å². The first-order valence-electron chi connectivity index (χ1n) is 6.46. The summed E-state index contributed by atoms with van der Waals surface area (Å²) in [5, 5.41) is 3.07. The van der Waals surface area contributed by atoms with Crippen LogP contribution in [0.25, 0.3) is 0 Å². The van der Waals surface area contributed by atoms with Crippen LogP contribution in [0.4, 0.5) is 5.69 Å². The number of hydrogen-bond donors (Lipinski definition) is 1. The van der Waals surface area contributed by atoms with Gasteiger partial charge in [-0.3, -0.25) is 4.79 Å². The van der Waals surface area contributed by atoms with E-state index in [0.29, 0.717) is 33.5 Å². The Bertz CT molecular complexity index is 688. The molecule has 0 bridgehead atoms. The van der Waals surface area contributed by atoms with Crippen LogP contribution in [0.5, 0.6) is 17.2 Å². The van der Waals surface area contributed by atoms with Crippen LogP contribution in [-0.2, 0) is 0 Å². The molecule has 116 valence electrons. The highest BCUT2D eigenvalue weighted by molar-refractivity contribution is 6.34. The fourth-order valence-corrected chi connectivity index (χ4v) is 2.15. The molecule has 0 aliphatic rings. The summed E-state index contributed by atoms with van der Waals surface area (Å²) in [5.41, 5.74) is 0.875. The first kappa shape index (κ1) is 16.0. The fourth-order valence-electron chi connectivity index (χ4n) is 1.90. The summed E-state index contributed by atoms with van der Waals surface area (Å²) < 4.78 is 15.4. The van der Waals surface area contributed by atoms with Crippen LogP contribution in [0, 0.1) is 0 Å². The van der Waals surface area contributed by atoms with Crippen LogP contribution >= 0.6 is 11.6 Å². The number of carbonyl (C=O) groups excluding carboxylic acids is 1. The zero-order chi connectivity index (χ0) is 16.1. The number of benzene rings is 2. The van der Waals surface area contributed by atoms with Gasteiger partial charge in [0.2, 0.25) is 0 Å². The lowest BCUT2D eigenvalue weighted by molar-refractivity contribution is 0.102. The van der Waals surface area contributed by atoms with Crippen molar-refractivity contribution < 1.29 is 19.0 Å². The van der Waals surface area contributed by atoms with Gasteiger partial charge in [0, 0.05) is 6.07 Å². The maximum atomic E-state index is 12.3. The van der Waals surface area contributed by atoms with E-state index in [2.05, 4.69) is 5.32 Å². The van der Waals surface area contributed by atoms with E-state index in [1.165, 1.54) is 14.2 Å². The standard InChI is InChI=1S/C16H16ClNO4/c1-20-10-4-6-12(13(17)8-10)16(19)18-14-7-5-11(21-2)9-15(14)22-3/h4-9H,1-3H3,(H,18,19). The lowest BCUT2D eigenvalue weighted by Crippen LogP contribution is -2.13. The third-order valence-electron chi connectivity index (χ3n) is 3.08. The van der Waals surface area contributed by atoms with Crippen molar-refractivity contribution in [1.82, 2.24) is 0 Å². The third kappa shape index (κ3) is 3.43. The molecule has 0 spiro atoms. The quantitative estimate of drug-likeness (QED) is 0.914. The fraction of sp³-hybridized carbons (Fsp3) is 0.188. The van der Waals surface area contributed by atoms with Crippen LogP contribution in [0.1, 0.15) is 10.4 Å². The molecule has 0 aromatic heterocycles. The number of amides is 1. The molecule has 0 saturated heterocycles. The molecule has 0 fully saturated rings. The van der Waals surface area contributed by atoms with Gasteiger partial charge >= 0.3 is 0 Å². The summed E-state index contributed by atoms with van der Waals surface area (Å²) in [5.74, 6) is 1.38. The van der Waals surface area contributed by atoms with Gasteiger partial charge in [0.05, 0.1) is 37.6 Å². The van der Waals surface area contributed by atoms with Crippen molar-refractivity contribution in [2.75, 3.05) is 26.6 Å². The summed E-state index contributed by atoms with van der Waals surface area (Å²) >= 11 is 6.10. The van der Waals surface area contributed by atoms with Gasteiger partial charge in [-0.25, -0.2) is 0 Å². The molecule has 0 saturated carbocycles. The van der Waals surface area contributed by atoms with E-state index in [9.17, 15) is 4.79 Å². The largest absolute Gasteiger partial charge is 0.497 e. The molecule has 1 amide bonds. The summed E-state index contributed by atoms with van der Waals surface area (Å²) in [6.45, 7) is 0. The second kappa shape index (κ2) is 7.04. The maximum Gasteiger partial charge on any atom is 0.257 e. The average Bonchev–Trinajstić information content (AvgIpc) is 2.54. The van der Waals surface area contributed by atoms with Crippen molar-refractivity contribution in [3.8, 4) is 17.2 Å². The highest BCUT2D eigenvalue weighted by Crippen LogP contribution is 2.30. The molecule has 2 rings (SSSR count). The number of anilines is 1. The van der Waals surface area contributed by atoms with Crippen molar-refractivity contribution in [2.24, 2.45) is 0 Å². The van der Waals surface area contributed by atoms with E-state index in [1.54, 1.807) is 43.5 Å². The van der Waals surface area contributed by atoms with Crippen LogP contribution in [-0.4, -0.2) is 27.2 Å². The van der Waals surface area contributed by atoms with Crippen LogP contribution in [0.3, 0.4) is 0 Å². The smallest absolute Gasteiger partial charge is 0.257 e. The third-order valence-corrected chi connectivity index (χ3v) is 3.39. The Morgan fingerprint density at radius 2 is 1.59 bits per heavy atom. The van der Waals surface area contributed by atoms with E-state index in [-0.39, 0.29) is 5.91 Å². The Balaban J connectivity index is 2.25. The van der Waals surface area contributed by atoms with E-state index in [4.69, 9.17) is 25.8 Å². The average molecular weight is 322 g/mol. The summed E-state index contributed by atoms with van der Waals surface area (Å²) in [7, 11) is 4.61. The predicted molar refractivity (Wildman–Crippen MR) is 85.5 cm³/mol. The highest BCUT2D eigenvalue weighted by atomic mass is 35.5. The molecule has 5 nitrogen and oxygen atoms in total. The van der Waals surface area contributed by atoms with Crippen LogP contribution < -0.4 is 19.5 Å². The predicted octanol–water partition coefficient (Wildman–Crippen LogP) is 3.62. The Hall–Kier alpha value is -2.40. The van der Waals surface area contributed by atoms with E-state index in [1.807, 2.05) is 0 Å². The van der Waals surface area contributed by atoms with Crippen LogP contribution in [0.2, 0.25) is 5.02 Å². The van der Waals surface area contributed by atoms with Gasteiger partial charge in [-0.2, -0.15) is 0 Å². The van der Waals surface area contributed by atoms with Gasteiger partial charge in [0.15, 0.2) is 0 Å². The minimum atomic E-state index is -0.337. The molecule has 0 atom stereocenters. The molecule has 1 N–H and O–H groups in total.